The summed E-state index contributed by atoms with van der Waals surface area (Å²) in [6.07, 6.45) is 10.2. The predicted octanol–water partition coefficient (Wildman–Crippen LogP) is 5.64. The number of rotatable bonds is 0. The summed E-state index contributed by atoms with van der Waals surface area (Å²) in [6, 6.07) is 0. The van der Waals surface area contributed by atoms with Crippen LogP contribution in [0.4, 0.5) is 0 Å². The van der Waals surface area contributed by atoms with Crippen molar-refractivity contribution in [2.45, 2.75) is 97.7 Å². The predicted molar refractivity (Wildman–Crippen MR) is 104 cm³/mol. The molecule has 146 valence electrons. The van der Waals surface area contributed by atoms with Gasteiger partial charge in [-0.25, -0.2) is 0 Å². The summed E-state index contributed by atoms with van der Waals surface area (Å²) in [5.74, 6) is 4.96. The molecule has 0 spiro atoms. The van der Waals surface area contributed by atoms with E-state index in [0.29, 0.717) is 29.1 Å². The second-order valence-electron chi connectivity index (χ2n) is 11.9. The molecule has 5 aliphatic rings. The number of ether oxygens (including phenoxy) is 1. The lowest BCUT2D eigenvalue weighted by molar-refractivity contribution is -0.192. The van der Waals surface area contributed by atoms with Crippen molar-refractivity contribution in [3.05, 3.63) is 0 Å². The van der Waals surface area contributed by atoms with E-state index in [9.17, 15) is 4.79 Å². The minimum atomic E-state index is -0.0486. The Balaban J connectivity index is 1.59. The van der Waals surface area contributed by atoms with E-state index >= 15 is 0 Å². The van der Waals surface area contributed by atoms with Crippen molar-refractivity contribution in [2.24, 2.45) is 46.3 Å². The molecule has 4 saturated carbocycles. The van der Waals surface area contributed by atoms with Crippen molar-refractivity contribution in [3.8, 4) is 0 Å². The fourth-order valence-electron chi connectivity index (χ4n) is 8.81. The van der Waals surface area contributed by atoms with E-state index in [-0.39, 0.29) is 11.0 Å². The Labute approximate surface area is 159 Å². The topological polar surface area (TPSA) is 26.3 Å². The molecule has 0 aromatic carbocycles. The van der Waals surface area contributed by atoms with Gasteiger partial charge in [0.15, 0.2) is 0 Å². The van der Waals surface area contributed by atoms with Crippen LogP contribution in [0, 0.1) is 46.3 Å². The van der Waals surface area contributed by atoms with E-state index in [1.54, 1.807) is 0 Å². The SMILES string of the molecule is C[C@H]1CC[C@]2(C)C3CC[C@]4(C)C(=O)CCC4C3C3OC(C)(C)C[C@@H]3C2C1. The largest absolute Gasteiger partial charge is 0.372 e. The number of Topliss-reactive ketones (excluding diaryl/α,β-unsaturated/α-hetero) is 1. The van der Waals surface area contributed by atoms with Crippen LogP contribution in [0.5, 0.6) is 0 Å². The zero-order valence-corrected chi connectivity index (χ0v) is 17.5. The van der Waals surface area contributed by atoms with Gasteiger partial charge >= 0.3 is 0 Å². The molecule has 0 N–H and O–H groups in total. The second-order valence-corrected chi connectivity index (χ2v) is 11.9. The summed E-state index contributed by atoms with van der Waals surface area (Å²) < 4.78 is 6.83. The second kappa shape index (κ2) is 5.37. The monoisotopic (exact) mass is 358 g/mol. The van der Waals surface area contributed by atoms with Crippen LogP contribution in [0.2, 0.25) is 0 Å². The number of hydrogen-bond donors (Lipinski definition) is 0. The molecule has 2 heteroatoms. The molecule has 0 radical (unpaired) electrons. The summed E-state index contributed by atoms with van der Waals surface area (Å²) in [5, 5.41) is 0. The van der Waals surface area contributed by atoms with Gasteiger partial charge in [0.2, 0.25) is 0 Å². The molecule has 1 heterocycles. The molecule has 9 atom stereocenters. The number of carbonyl (C=O) groups excluding carboxylic acids is 1. The Morgan fingerprint density at radius 1 is 0.962 bits per heavy atom. The molecule has 2 nitrogen and oxygen atoms in total. The van der Waals surface area contributed by atoms with Crippen molar-refractivity contribution >= 4 is 5.78 Å². The van der Waals surface area contributed by atoms with E-state index < -0.39 is 0 Å². The van der Waals surface area contributed by atoms with Crippen LogP contribution >= 0.6 is 0 Å². The fraction of sp³-hybridized carbons (Fsp3) is 0.958. The van der Waals surface area contributed by atoms with E-state index in [0.717, 1.165) is 42.9 Å². The van der Waals surface area contributed by atoms with Crippen LogP contribution in [-0.4, -0.2) is 17.5 Å². The number of hydrogen-bond acceptors (Lipinski definition) is 2. The van der Waals surface area contributed by atoms with Gasteiger partial charge in [0.25, 0.3) is 0 Å². The smallest absolute Gasteiger partial charge is 0.139 e. The summed E-state index contributed by atoms with van der Waals surface area (Å²) in [6.45, 7) is 12.0. The summed E-state index contributed by atoms with van der Waals surface area (Å²) >= 11 is 0. The van der Waals surface area contributed by atoms with Crippen LogP contribution in [0.15, 0.2) is 0 Å². The molecule has 5 unspecified atom stereocenters. The van der Waals surface area contributed by atoms with Gasteiger partial charge in [-0.05, 0) is 93.3 Å². The van der Waals surface area contributed by atoms with Crippen LogP contribution in [0.3, 0.4) is 0 Å². The summed E-state index contributed by atoms with van der Waals surface area (Å²) in [4.78, 5) is 12.8. The first-order valence-electron chi connectivity index (χ1n) is 11.4. The van der Waals surface area contributed by atoms with Gasteiger partial charge in [-0.3, -0.25) is 4.79 Å². The Kier molecular flexibility index (Phi) is 3.65. The third kappa shape index (κ3) is 2.17. The molecule has 0 aromatic heterocycles. The van der Waals surface area contributed by atoms with Crippen LogP contribution in [0.1, 0.15) is 86.0 Å². The summed E-state index contributed by atoms with van der Waals surface area (Å²) in [7, 11) is 0. The fourth-order valence-corrected chi connectivity index (χ4v) is 8.81. The first-order valence-corrected chi connectivity index (χ1v) is 11.4. The lowest BCUT2D eigenvalue weighted by Crippen LogP contribution is -2.60. The minimum Gasteiger partial charge on any atom is -0.372 e. The third-order valence-electron chi connectivity index (χ3n) is 10.1. The van der Waals surface area contributed by atoms with Gasteiger partial charge in [0.1, 0.15) is 5.78 Å². The number of carbonyl (C=O) groups is 1. The molecule has 1 aliphatic heterocycles. The van der Waals surface area contributed by atoms with Crippen molar-refractivity contribution in [1.29, 1.82) is 0 Å². The molecule has 4 aliphatic carbocycles. The maximum absolute atomic E-state index is 12.8. The number of fused-ring (bicyclic) bond motifs is 8. The van der Waals surface area contributed by atoms with E-state index in [1.165, 1.54) is 32.1 Å². The maximum Gasteiger partial charge on any atom is 0.139 e. The van der Waals surface area contributed by atoms with Crippen LogP contribution < -0.4 is 0 Å². The average molecular weight is 359 g/mol. The van der Waals surface area contributed by atoms with Gasteiger partial charge in [-0.1, -0.05) is 27.2 Å². The molecule has 5 fully saturated rings. The van der Waals surface area contributed by atoms with Gasteiger partial charge in [0, 0.05) is 11.8 Å². The lowest BCUT2D eigenvalue weighted by Gasteiger charge is -2.63. The van der Waals surface area contributed by atoms with Gasteiger partial charge in [-0.2, -0.15) is 0 Å². The van der Waals surface area contributed by atoms with Crippen molar-refractivity contribution in [1.82, 2.24) is 0 Å². The van der Waals surface area contributed by atoms with Gasteiger partial charge in [0.05, 0.1) is 11.7 Å². The lowest BCUT2D eigenvalue weighted by atomic mass is 9.41. The Morgan fingerprint density at radius 2 is 1.73 bits per heavy atom. The van der Waals surface area contributed by atoms with Crippen LogP contribution in [-0.2, 0) is 9.53 Å². The highest BCUT2D eigenvalue weighted by Gasteiger charge is 2.67. The van der Waals surface area contributed by atoms with E-state index in [1.807, 2.05) is 0 Å². The standard InChI is InChI=1S/C24H38O2/c1-14-8-10-23(4)17-9-11-24(5)16(6-7-19(24)25)20(17)21-15(18(23)12-14)13-22(2,3)26-21/h14-18,20-21H,6-13H2,1-5H3/t14-,15+,16?,17?,18?,20?,21?,23+,24-/m0/s1. The molecule has 0 bridgehead atoms. The third-order valence-corrected chi connectivity index (χ3v) is 10.1. The van der Waals surface area contributed by atoms with Gasteiger partial charge < -0.3 is 4.74 Å². The van der Waals surface area contributed by atoms with Crippen LogP contribution in [0.25, 0.3) is 0 Å². The Hall–Kier alpha value is -0.370. The molecule has 0 amide bonds. The summed E-state index contributed by atoms with van der Waals surface area (Å²) in [5.41, 5.74) is 0.449. The highest BCUT2D eigenvalue weighted by Crippen LogP contribution is 2.69. The number of ketones is 1. The average Bonchev–Trinajstić information content (AvgIpc) is 3.05. The molecule has 1 saturated heterocycles. The maximum atomic E-state index is 12.8. The minimum absolute atomic E-state index is 0.0162. The van der Waals surface area contributed by atoms with E-state index in [2.05, 4.69) is 34.6 Å². The quantitative estimate of drug-likeness (QED) is 0.560. The first kappa shape index (κ1) is 17.7. The molecular weight excluding hydrogens is 320 g/mol. The van der Waals surface area contributed by atoms with E-state index in [4.69, 9.17) is 4.74 Å². The Bertz CT molecular complexity index is 624. The zero-order chi connectivity index (χ0) is 18.5. The van der Waals surface area contributed by atoms with Crippen molar-refractivity contribution in [3.63, 3.8) is 0 Å². The zero-order valence-electron chi connectivity index (χ0n) is 17.5. The normalized spacial score (nSPS) is 57.9. The van der Waals surface area contributed by atoms with Crippen molar-refractivity contribution < 1.29 is 9.53 Å². The molecule has 5 rings (SSSR count). The molecular formula is C24H38O2. The highest BCUT2D eigenvalue weighted by molar-refractivity contribution is 5.87. The Morgan fingerprint density at radius 3 is 2.50 bits per heavy atom. The molecule has 0 aromatic rings. The molecule has 26 heavy (non-hydrogen) atoms. The first-order chi connectivity index (χ1) is 12.2. The van der Waals surface area contributed by atoms with Gasteiger partial charge in [-0.15, -0.1) is 0 Å². The highest BCUT2D eigenvalue weighted by atomic mass is 16.5. The van der Waals surface area contributed by atoms with Crippen molar-refractivity contribution in [2.75, 3.05) is 0 Å².